The number of nitrogens with one attached hydrogen (secondary N) is 2. The van der Waals surface area contributed by atoms with Crippen molar-refractivity contribution in [1.29, 1.82) is 0 Å². The molecule has 2 heterocycles. The van der Waals surface area contributed by atoms with Crippen LogP contribution in [0.2, 0.25) is 0 Å². The molecule has 4 heteroatoms. The van der Waals surface area contributed by atoms with Crippen LogP contribution in [-0.2, 0) is 4.79 Å². The Bertz CT molecular complexity index is 328. The second-order valence-electron chi connectivity index (χ2n) is 6.97. The van der Waals surface area contributed by atoms with Crippen molar-refractivity contribution in [3.63, 3.8) is 0 Å². The molecule has 1 amide bonds. The molecule has 2 aliphatic heterocycles. The second-order valence-corrected chi connectivity index (χ2v) is 6.97. The van der Waals surface area contributed by atoms with Crippen molar-refractivity contribution < 1.29 is 4.79 Å². The highest BCUT2D eigenvalue weighted by molar-refractivity contribution is 5.81. The minimum Gasteiger partial charge on any atom is -0.352 e. The summed E-state index contributed by atoms with van der Waals surface area (Å²) < 4.78 is 0. The summed E-state index contributed by atoms with van der Waals surface area (Å²) in [5, 5.41) is 6.80. The lowest BCUT2D eigenvalue weighted by Crippen LogP contribution is -2.52. The van der Waals surface area contributed by atoms with Gasteiger partial charge in [0, 0.05) is 18.6 Å². The molecule has 4 nitrogen and oxygen atoms in total. The third-order valence-electron chi connectivity index (χ3n) is 5.19. The fourth-order valence-electron chi connectivity index (χ4n) is 3.87. The molecule has 4 unspecified atom stereocenters. The molecule has 2 aliphatic rings. The summed E-state index contributed by atoms with van der Waals surface area (Å²) in [5.41, 5.74) is 0. The zero-order valence-corrected chi connectivity index (χ0v) is 14.0. The van der Waals surface area contributed by atoms with Gasteiger partial charge in [0.15, 0.2) is 0 Å². The van der Waals surface area contributed by atoms with Crippen molar-refractivity contribution in [3.8, 4) is 0 Å². The van der Waals surface area contributed by atoms with E-state index in [2.05, 4.69) is 36.3 Å². The highest BCUT2D eigenvalue weighted by atomic mass is 16.2. The number of carbonyl (C=O) groups excluding carboxylic acids is 1. The van der Waals surface area contributed by atoms with Gasteiger partial charge in [-0.1, -0.05) is 13.3 Å². The molecule has 0 aromatic carbocycles. The monoisotopic (exact) mass is 295 g/mol. The molecule has 4 atom stereocenters. The van der Waals surface area contributed by atoms with E-state index in [9.17, 15) is 4.79 Å². The Morgan fingerprint density at radius 2 is 2.14 bits per heavy atom. The molecule has 122 valence electrons. The van der Waals surface area contributed by atoms with Gasteiger partial charge in [-0.2, -0.15) is 0 Å². The highest BCUT2D eigenvalue weighted by Crippen LogP contribution is 2.25. The van der Waals surface area contributed by atoms with Crippen LogP contribution in [-0.4, -0.2) is 48.6 Å². The predicted molar refractivity (Wildman–Crippen MR) is 87.3 cm³/mol. The lowest BCUT2D eigenvalue weighted by molar-refractivity contribution is -0.127. The van der Waals surface area contributed by atoms with Gasteiger partial charge in [-0.25, -0.2) is 0 Å². The predicted octanol–water partition coefficient (Wildman–Crippen LogP) is 2.14. The number of carbonyl (C=O) groups is 1. The minimum absolute atomic E-state index is 0.00788. The SMILES string of the molecule is CCCC(C)NC(=O)C(C)N1CCCC(C2CCCN2)C1. The Hall–Kier alpha value is -0.610. The van der Waals surface area contributed by atoms with Crippen LogP contribution in [0.3, 0.4) is 0 Å². The molecule has 2 rings (SSSR count). The average Bonchev–Trinajstić information content (AvgIpc) is 3.01. The number of hydrogen-bond acceptors (Lipinski definition) is 3. The summed E-state index contributed by atoms with van der Waals surface area (Å²) in [6, 6.07) is 0.984. The zero-order valence-electron chi connectivity index (χ0n) is 14.0. The highest BCUT2D eigenvalue weighted by Gasteiger charge is 2.32. The average molecular weight is 295 g/mol. The van der Waals surface area contributed by atoms with Crippen molar-refractivity contribution in [2.75, 3.05) is 19.6 Å². The van der Waals surface area contributed by atoms with Crippen LogP contribution < -0.4 is 10.6 Å². The molecule has 21 heavy (non-hydrogen) atoms. The quantitative estimate of drug-likeness (QED) is 0.789. The molecule has 0 aromatic rings. The Labute approximate surface area is 130 Å². The van der Waals surface area contributed by atoms with Crippen LogP contribution >= 0.6 is 0 Å². The van der Waals surface area contributed by atoms with E-state index < -0.39 is 0 Å². The summed E-state index contributed by atoms with van der Waals surface area (Å²) in [7, 11) is 0. The normalized spacial score (nSPS) is 30.0. The van der Waals surface area contributed by atoms with Crippen LogP contribution in [0.15, 0.2) is 0 Å². The number of rotatable bonds is 6. The summed E-state index contributed by atoms with van der Waals surface area (Å²) in [4.78, 5) is 14.8. The van der Waals surface area contributed by atoms with E-state index >= 15 is 0 Å². The third kappa shape index (κ3) is 4.68. The van der Waals surface area contributed by atoms with Gasteiger partial charge in [0.2, 0.25) is 5.91 Å². The van der Waals surface area contributed by atoms with Crippen LogP contribution in [0.4, 0.5) is 0 Å². The first-order valence-electron chi connectivity index (χ1n) is 8.89. The van der Waals surface area contributed by atoms with Gasteiger partial charge >= 0.3 is 0 Å². The molecular formula is C17H33N3O. The second kappa shape index (κ2) is 8.14. The molecular weight excluding hydrogens is 262 g/mol. The molecule has 2 fully saturated rings. The van der Waals surface area contributed by atoms with E-state index in [-0.39, 0.29) is 11.9 Å². The topological polar surface area (TPSA) is 44.4 Å². The lowest BCUT2D eigenvalue weighted by atomic mass is 9.89. The Balaban J connectivity index is 1.83. The van der Waals surface area contributed by atoms with E-state index in [1.807, 2.05) is 0 Å². The maximum Gasteiger partial charge on any atom is 0.237 e. The smallest absolute Gasteiger partial charge is 0.237 e. The summed E-state index contributed by atoms with van der Waals surface area (Å²) in [6.45, 7) is 9.66. The summed E-state index contributed by atoms with van der Waals surface area (Å²) in [5.74, 6) is 0.931. The number of amides is 1. The van der Waals surface area contributed by atoms with E-state index in [0.717, 1.165) is 31.8 Å². The van der Waals surface area contributed by atoms with Gasteiger partial charge in [0.25, 0.3) is 0 Å². The summed E-state index contributed by atoms with van der Waals surface area (Å²) in [6.07, 6.45) is 7.35. The number of hydrogen-bond donors (Lipinski definition) is 2. The third-order valence-corrected chi connectivity index (χ3v) is 5.19. The van der Waals surface area contributed by atoms with E-state index in [1.54, 1.807) is 0 Å². The molecule has 2 saturated heterocycles. The van der Waals surface area contributed by atoms with Gasteiger partial charge in [0.1, 0.15) is 0 Å². The van der Waals surface area contributed by atoms with Gasteiger partial charge in [-0.3, -0.25) is 9.69 Å². The molecule has 0 aromatic heterocycles. The number of likely N-dealkylation sites (tertiary alicyclic amines) is 1. The minimum atomic E-state index is 0.00788. The Morgan fingerprint density at radius 3 is 2.81 bits per heavy atom. The van der Waals surface area contributed by atoms with Gasteiger partial charge in [0.05, 0.1) is 6.04 Å². The van der Waals surface area contributed by atoms with E-state index in [0.29, 0.717) is 12.1 Å². The number of piperidine rings is 1. The van der Waals surface area contributed by atoms with Crippen molar-refractivity contribution in [1.82, 2.24) is 15.5 Å². The first-order valence-corrected chi connectivity index (χ1v) is 8.89. The van der Waals surface area contributed by atoms with Crippen molar-refractivity contribution in [2.24, 2.45) is 5.92 Å². The van der Waals surface area contributed by atoms with Gasteiger partial charge in [-0.15, -0.1) is 0 Å². The first-order chi connectivity index (χ1) is 10.1. The first kappa shape index (κ1) is 16.8. The van der Waals surface area contributed by atoms with Crippen LogP contribution in [0.5, 0.6) is 0 Å². The fraction of sp³-hybridized carbons (Fsp3) is 0.941. The molecule has 0 bridgehead atoms. The van der Waals surface area contributed by atoms with Gasteiger partial charge < -0.3 is 10.6 Å². The molecule has 0 radical (unpaired) electrons. The van der Waals surface area contributed by atoms with Crippen LogP contribution in [0, 0.1) is 5.92 Å². The van der Waals surface area contributed by atoms with Crippen molar-refractivity contribution >= 4 is 5.91 Å². The molecule has 0 saturated carbocycles. The Kier molecular flexibility index (Phi) is 6.49. The lowest BCUT2D eigenvalue weighted by Gasteiger charge is -2.38. The standard InChI is InChI=1S/C17H33N3O/c1-4-7-13(2)19-17(21)14(3)20-11-6-8-15(12-20)16-9-5-10-18-16/h13-16,18H,4-12H2,1-3H3,(H,19,21). The fourth-order valence-corrected chi connectivity index (χ4v) is 3.87. The maximum atomic E-state index is 12.4. The largest absolute Gasteiger partial charge is 0.352 e. The Morgan fingerprint density at radius 1 is 1.33 bits per heavy atom. The molecule has 0 aliphatic carbocycles. The summed E-state index contributed by atoms with van der Waals surface area (Å²) >= 11 is 0. The van der Waals surface area contributed by atoms with E-state index in [1.165, 1.54) is 32.2 Å². The van der Waals surface area contributed by atoms with Crippen molar-refractivity contribution in [3.05, 3.63) is 0 Å². The van der Waals surface area contributed by atoms with Crippen LogP contribution in [0.25, 0.3) is 0 Å². The zero-order chi connectivity index (χ0) is 15.2. The van der Waals surface area contributed by atoms with Crippen LogP contribution in [0.1, 0.15) is 59.3 Å². The molecule has 2 N–H and O–H groups in total. The van der Waals surface area contributed by atoms with E-state index in [4.69, 9.17) is 0 Å². The maximum absolute atomic E-state index is 12.4. The molecule has 0 spiro atoms. The number of nitrogens with zero attached hydrogens (tertiary/aromatic N) is 1. The van der Waals surface area contributed by atoms with Crippen molar-refractivity contribution in [2.45, 2.75) is 77.4 Å². The van der Waals surface area contributed by atoms with Gasteiger partial charge in [-0.05, 0) is 65.0 Å².